The summed E-state index contributed by atoms with van der Waals surface area (Å²) in [7, 11) is 2.17. The number of hydrogen-bond acceptors (Lipinski definition) is 3. The maximum Gasteiger partial charge on any atom is 0.0556 e. The minimum Gasteiger partial charge on any atom is -0.395 e. The van der Waals surface area contributed by atoms with Crippen LogP contribution in [-0.4, -0.2) is 49.3 Å². The molecule has 3 heteroatoms. The number of benzene rings is 1. The number of rotatable bonds is 4. The number of hydrogen-bond donors (Lipinski definition) is 2. The van der Waals surface area contributed by atoms with Crippen molar-refractivity contribution in [2.75, 3.05) is 33.3 Å². The van der Waals surface area contributed by atoms with Gasteiger partial charge >= 0.3 is 0 Å². The first-order chi connectivity index (χ1) is 8.29. The van der Waals surface area contributed by atoms with Gasteiger partial charge in [-0.25, -0.2) is 0 Å². The van der Waals surface area contributed by atoms with Crippen LogP contribution in [0.2, 0.25) is 0 Å². The van der Waals surface area contributed by atoms with E-state index in [1.54, 1.807) is 0 Å². The number of nitrogens with one attached hydrogen (secondary N) is 1. The van der Waals surface area contributed by atoms with Crippen LogP contribution >= 0.6 is 0 Å². The molecule has 2 N–H and O–H groups in total. The molecule has 17 heavy (non-hydrogen) atoms. The van der Waals surface area contributed by atoms with Gasteiger partial charge < -0.3 is 15.3 Å². The molecule has 0 spiro atoms. The number of nitrogens with zero attached hydrogens (tertiary/aromatic N) is 1. The smallest absolute Gasteiger partial charge is 0.0556 e. The van der Waals surface area contributed by atoms with Gasteiger partial charge in [-0.2, -0.15) is 0 Å². The van der Waals surface area contributed by atoms with Crippen LogP contribution < -0.4 is 5.32 Å². The Morgan fingerprint density at radius 1 is 1.29 bits per heavy atom. The van der Waals surface area contributed by atoms with Gasteiger partial charge in [0, 0.05) is 25.7 Å². The summed E-state index contributed by atoms with van der Waals surface area (Å²) in [4.78, 5) is 2.37. The van der Waals surface area contributed by atoms with E-state index in [1.165, 1.54) is 5.56 Å². The molecular weight excluding hydrogens is 212 g/mol. The van der Waals surface area contributed by atoms with Gasteiger partial charge in [0.2, 0.25) is 0 Å². The predicted molar refractivity (Wildman–Crippen MR) is 70.2 cm³/mol. The lowest BCUT2D eigenvalue weighted by Crippen LogP contribution is -2.47. The molecule has 0 aromatic heterocycles. The first-order valence-electron chi connectivity index (χ1n) is 6.37. The van der Waals surface area contributed by atoms with Crippen molar-refractivity contribution >= 4 is 0 Å². The highest BCUT2D eigenvalue weighted by atomic mass is 16.3. The standard InChI is InChI=1S/C14H22N2O/c1-16-10-13(12-5-3-2-4-6-12)9-14(11-16)15-7-8-17/h2-6,13-15,17H,7-11H2,1H3. The lowest BCUT2D eigenvalue weighted by Gasteiger charge is -2.36. The fourth-order valence-corrected chi connectivity index (χ4v) is 2.70. The summed E-state index contributed by atoms with van der Waals surface area (Å²) in [6.07, 6.45) is 1.16. The van der Waals surface area contributed by atoms with E-state index in [2.05, 4.69) is 47.6 Å². The van der Waals surface area contributed by atoms with Gasteiger partial charge in [-0.3, -0.25) is 0 Å². The Hall–Kier alpha value is -0.900. The number of likely N-dealkylation sites (tertiary alicyclic amines) is 1. The first kappa shape index (κ1) is 12.6. The summed E-state index contributed by atoms with van der Waals surface area (Å²) in [5, 5.41) is 12.3. The Labute approximate surface area is 103 Å². The topological polar surface area (TPSA) is 35.5 Å². The molecule has 3 nitrogen and oxygen atoms in total. The summed E-state index contributed by atoms with van der Waals surface area (Å²) < 4.78 is 0. The molecule has 0 bridgehead atoms. The zero-order valence-corrected chi connectivity index (χ0v) is 10.5. The van der Waals surface area contributed by atoms with Gasteiger partial charge in [-0.1, -0.05) is 30.3 Å². The Bertz CT molecular complexity index is 328. The van der Waals surface area contributed by atoms with Crippen LogP contribution in [0.4, 0.5) is 0 Å². The summed E-state index contributed by atoms with van der Waals surface area (Å²) >= 11 is 0. The van der Waals surface area contributed by atoms with Crippen molar-refractivity contribution in [3.8, 4) is 0 Å². The van der Waals surface area contributed by atoms with E-state index >= 15 is 0 Å². The molecule has 2 rings (SSSR count). The number of likely N-dealkylation sites (N-methyl/N-ethyl adjacent to an activating group) is 1. The summed E-state index contributed by atoms with van der Waals surface area (Å²) in [5.41, 5.74) is 1.43. The largest absolute Gasteiger partial charge is 0.395 e. The second kappa shape index (κ2) is 6.15. The molecule has 1 heterocycles. The van der Waals surface area contributed by atoms with Crippen molar-refractivity contribution in [2.24, 2.45) is 0 Å². The van der Waals surface area contributed by atoms with Crippen molar-refractivity contribution < 1.29 is 5.11 Å². The molecule has 1 saturated heterocycles. The Morgan fingerprint density at radius 2 is 2.06 bits per heavy atom. The molecular formula is C14H22N2O. The minimum atomic E-state index is 0.218. The second-order valence-electron chi connectivity index (χ2n) is 4.94. The molecule has 94 valence electrons. The van der Waals surface area contributed by atoms with Gasteiger partial charge in [-0.05, 0) is 24.9 Å². The maximum absolute atomic E-state index is 8.87. The normalized spacial score (nSPS) is 26.0. The monoisotopic (exact) mass is 234 g/mol. The van der Waals surface area contributed by atoms with E-state index in [4.69, 9.17) is 5.11 Å². The average molecular weight is 234 g/mol. The number of piperidine rings is 1. The predicted octanol–water partition coefficient (Wildman–Crippen LogP) is 1.06. The fraction of sp³-hybridized carbons (Fsp3) is 0.571. The van der Waals surface area contributed by atoms with Crippen LogP contribution in [-0.2, 0) is 0 Å². The lowest BCUT2D eigenvalue weighted by molar-refractivity contribution is 0.194. The molecule has 2 unspecified atom stereocenters. The van der Waals surface area contributed by atoms with E-state index in [0.29, 0.717) is 18.5 Å². The first-order valence-corrected chi connectivity index (χ1v) is 6.37. The lowest BCUT2D eigenvalue weighted by atomic mass is 9.88. The third kappa shape index (κ3) is 3.53. The third-order valence-corrected chi connectivity index (χ3v) is 3.45. The fourth-order valence-electron chi connectivity index (χ4n) is 2.70. The third-order valence-electron chi connectivity index (χ3n) is 3.45. The van der Waals surface area contributed by atoms with Gasteiger partial charge in [0.15, 0.2) is 0 Å². The quantitative estimate of drug-likeness (QED) is 0.817. The van der Waals surface area contributed by atoms with E-state index in [1.807, 2.05) is 0 Å². The maximum atomic E-state index is 8.87. The van der Waals surface area contributed by atoms with E-state index < -0.39 is 0 Å². The number of aliphatic hydroxyl groups is 1. The van der Waals surface area contributed by atoms with Gasteiger partial charge in [-0.15, -0.1) is 0 Å². The molecule has 1 fully saturated rings. The molecule has 1 aromatic rings. The van der Waals surface area contributed by atoms with E-state index in [0.717, 1.165) is 19.5 Å². The van der Waals surface area contributed by atoms with Crippen LogP contribution in [0.5, 0.6) is 0 Å². The zero-order valence-electron chi connectivity index (χ0n) is 10.5. The zero-order chi connectivity index (χ0) is 12.1. The second-order valence-corrected chi connectivity index (χ2v) is 4.94. The minimum absolute atomic E-state index is 0.218. The Morgan fingerprint density at radius 3 is 2.76 bits per heavy atom. The molecule has 0 aliphatic carbocycles. The number of aliphatic hydroxyl groups excluding tert-OH is 1. The van der Waals surface area contributed by atoms with Crippen molar-refractivity contribution in [1.82, 2.24) is 10.2 Å². The summed E-state index contributed by atoms with van der Waals surface area (Å²) in [6, 6.07) is 11.2. The SMILES string of the molecule is CN1CC(NCCO)CC(c2ccccc2)C1. The highest BCUT2D eigenvalue weighted by molar-refractivity contribution is 5.21. The van der Waals surface area contributed by atoms with E-state index in [-0.39, 0.29) is 6.61 Å². The van der Waals surface area contributed by atoms with Crippen LogP contribution in [0.25, 0.3) is 0 Å². The summed E-state index contributed by atoms with van der Waals surface area (Å²) in [6.45, 7) is 3.11. The van der Waals surface area contributed by atoms with Gasteiger partial charge in [0.05, 0.1) is 6.61 Å². The average Bonchev–Trinajstić information content (AvgIpc) is 2.37. The molecule has 0 amide bonds. The van der Waals surface area contributed by atoms with Crippen molar-refractivity contribution in [3.05, 3.63) is 35.9 Å². The molecule has 2 atom stereocenters. The molecule has 0 radical (unpaired) electrons. The van der Waals surface area contributed by atoms with Crippen LogP contribution in [0.3, 0.4) is 0 Å². The molecule has 1 aromatic carbocycles. The van der Waals surface area contributed by atoms with Crippen molar-refractivity contribution in [1.29, 1.82) is 0 Å². The van der Waals surface area contributed by atoms with Crippen molar-refractivity contribution in [3.63, 3.8) is 0 Å². The van der Waals surface area contributed by atoms with Crippen LogP contribution in [0, 0.1) is 0 Å². The van der Waals surface area contributed by atoms with Crippen molar-refractivity contribution in [2.45, 2.75) is 18.4 Å². The molecule has 1 aliphatic heterocycles. The van der Waals surface area contributed by atoms with Gasteiger partial charge in [0.1, 0.15) is 0 Å². The van der Waals surface area contributed by atoms with Crippen LogP contribution in [0.15, 0.2) is 30.3 Å². The highest BCUT2D eigenvalue weighted by Crippen LogP contribution is 2.26. The summed E-state index contributed by atoms with van der Waals surface area (Å²) in [5.74, 6) is 0.603. The highest BCUT2D eigenvalue weighted by Gasteiger charge is 2.25. The Balaban J connectivity index is 1.98. The Kier molecular flexibility index (Phi) is 4.54. The van der Waals surface area contributed by atoms with Gasteiger partial charge in [0.25, 0.3) is 0 Å². The van der Waals surface area contributed by atoms with Crippen LogP contribution in [0.1, 0.15) is 17.9 Å². The molecule has 1 aliphatic rings. The van der Waals surface area contributed by atoms with E-state index in [9.17, 15) is 0 Å². The molecule has 0 saturated carbocycles.